The van der Waals surface area contributed by atoms with Crippen molar-refractivity contribution in [2.24, 2.45) is 5.73 Å². The van der Waals surface area contributed by atoms with Gasteiger partial charge in [-0.25, -0.2) is 0 Å². The summed E-state index contributed by atoms with van der Waals surface area (Å²) in [5.41, 5.74) is 6.01. The Morgan fingerprint density at radius 3 is 2.35 bits per heavy atom. The van der Waals surface area contributed by atoms with E-state index in [1.165, 1.54) is 0 Å². The lowest BCUT2D eigenvalue weighted by Gasteiger charge is -2.44. The highest BCUT2D eigenvalue weighted by atomic mass is 16.5. The molecule has 2 rings (SSSR count). The Labute approximate surface area is 106 Å². The fourth-order valence-corrected chi connectivity index (χ4v) is 3.74. The number of nitrogens with two attached hydrogens (primary N) is 1. The van der Waals surface area contributed by atoms with E-state index in [2.05, 4.69) is 39.5 Å². The van der Waals surface area contributed by atoms with Gasteiger partial charge >= 0.3 is 0 Å². The third-order valence-electron chi connectivity index (χ3n) is 4.40. The van der Waals surface area contributed by atoms with E-state index >= 15 is 0 Å². The molecule has 0 spiro atoms. The number of hydrogen-bond acceptors (Lipinski definition) is 3. The zero-order chi connectivity index (χ0) is 12.8. The molecule has 3 heteroatoms. The van der Waals surface area contributed by atoms with Crippen LogP contribution in [0.1, 0.15) is 53.9 Å². The van der Waals surface area contributed by atoms with Gasteiger partial charge in [-0.1, -0.05) is 0 Å². The summed E-state index contributed by atoms with van der Waals surface area (Å²) in [5.74, 6) is 0. The maximum absolute atomic E-state index is 6.20. The molecule has 0 radical (unpaired) electrons. The van der Waals surface area contributed by atoms with Crippen LogP contribution in [-0.2, 0) is 4.74 Å². The Kier molecular flexibility index (Phi) is 3.30. The van der Waals surface area contributed by atoms with Crippen molar-refractivity contribution in [3.05, 3.63) is 0 Å². The topological polar surface area (TPSA) is 38.5 Å². The molecular formula is C14H28N2O. The van der Waals surface area contributed by atoms with Gasteiger partial charge in [0.15, 0.2) is 0 Å². The zero-order valence-corrected chi connectivity index (χ0v) is 12.0. The summed E-state index contributed by atoms with van der Waals surface area (Å²) in [6.07, 6.45) is 3.37. The van der Waals surface area contributed by atoms with E-state index < -0.39 is 0 Å². The van der Waals surface area contributed by atoms with E-state index in [1.807, 2.05) is 0 Å². The molecule has 2 N–H and O–H groups in total. The second-order valence-corrected chi connectivity index (χ2v) is 7.06. The van der Waals surface area contributed by atoms with E-state index in [4.69, 9.17) is 10.5 Å². The van der Waals surface area contributed by atoms with Gasteiger partial charge in [0.1, 0.15) is 0 Å². The number of hydrogen-bond donors (Lipinski definition) is 1. The van der Waals surface area contributed by atoms with E-state index in [-0.39, 0.29) is 11.2 Å². The maximum atomic E-state index is 6.20. The molecule has 2 heterocycles. The predicted octanol–water partition coefficient (Wildman–Crippen LogP) is 2.14. The van der Waals surface area contributed by atoms with Crippen molar-refractivity contribution in [2.75, 3.05) is 6.54 Å². The van der Waals surface area contributed by atoms with Crippen LogP contribution in [0.5, 0.6) is 0 Å². The first kappa shape index (κ1) is 13.3. The van der Waals surface area contributed by atoms with E-state index in [0.717, 1.165) is 25.8 Å². The first-order chi connectivity index (χ1) is 7.71. The highest BCUT2D eigenvalue weighted by molar-refractivity contribution is 5.02. The summed E-state index contributed by atoms with van der Waals surface area (Å²) in [7, 11) is 0. The third kappa shape index (κ3) is 2.67. The Bertz CT molecular complexity index is 288. The minimum atomic E-state index is -0.0425. The van der Waals surface area contributed by atoms with Crippen LogP contribution in [-0.4, -0.2) is 40.8 Å². The van der Waals surface area contributed by atoms with Crippen molar-refractivity contribution in [2.45, 2.75) is 83.2 Å². The van der Waals surface area contributed by atoms with Crippen LogP contribution in [0.25, 0.3) is 0 Å². The van der Waals surface area contributed by atoms with Crippen molar-refractivity contribution >= 4 is 0 Å². The molecule has 2 fully saturated rings. The summed E-state index contributed by atoms with van der Waals surface area (Å²) >= 11 is 0. The van der Waals surface area contributed by atoms with Crippen LogP contribution in [0.15, 0.2) is 0 Å². The quantitative estimate of drug-likeness (QED) is 0.763. The average Bonchev–Trinajstić information content (AvgIpc) is 2.34. The number of piperidine rings is 1. The lowest BCUT2D eigenvalue weighted by atomic mass is 9.88. The molecule has 0 aromatic carbocycles. The van der Waals surface area contributed by atoms with Crippen molar-refractivity contribution in [3.8, 4) is 0 Å². The highest BCUT2D eigenvalue weighted by Gasteiger charge is 2.49. The van der Waals surface area contributed by atoms with Crippen molar-refractivity contribution in [1.82, 2.24) is 4.90 Å². The highest BCUT2D eigenvalue weighted by Crippen LogP contribution is 2.41. The lowest BCUT2D eigenvalue weighted by Crippen LogP contribution is -2.55. The minimum Gasteiger partial charge on any atom is -0.368 e. The van der Waals surface area contributed by atoms with Gasteiger partial charge in [0, 0.05) is 24.7 Å². The normalized spacial score (nSPS) is 41.6. The molecule has 0 amide bonds. The summed E-state index contributed by atoms with van der Waals surface area (Å²) in [6, 6.07) is 1.50. The molecule has 2 saturated heterocycles. The van der Waals surface area contributed by atoms with Crippen LogP contribution >= 0.6 is 0 Å². The standard InChI is InChI=1S/C14H28N2O/c1-10-8-11(15)6-7-16(10)12-9-13(2,3)17-14(12,4)5/h10-12H,6-9,15H2,1-5H3. The smallest absolute Gasteiger partial charge is 0.0789 e. The Morgan fingerprint density at radius 1 is 1.24 bits per heavy atom. The summed E-state index contributed by atoms with van der Waals surface area (Å²) in [4.78, 5) is 2.62. The molecule has 0 aliphatic carbocycles. The minimum absolute atomic E-state index is 0.00739. The molecular weight excluding hydrogens is 212 g/mol. The summed E-state index contributed by atoms with van der Waals surface area (Å²) in [6.45, 7) is 12.3. The van der Waals surface area contributed by atoms with Crippen LogP contribution in [0.2, 0.25) is 0 Å². The molecule has 3 nitrogen and oxygen atoms in total. The third-order valence-corrected chi connectivity index (χ3v) is 4.40. The Hall–Kier alpha value is -0.120. The van der Waals surface area contributed by atoms with Gasteiger partial charge in [0.05, 0.1) is 11.2 Å². The SMILES string of the molecule is CC1CC(N)CCN1C1CC(C)(C)OC1(C)C. The zero-order valence-electron chi connectivity index (χ0n) is 12.0. The number of likely N-dealkylation sites (tertiary alicyclic amines) is 1. The molecule has 0 aromatic heterocycles. The fourth-order valence-electron chi connectivity index (χ4n) is 3.74. The lowest BCUT2D eigenvalue weighted by molar-refractivity contribution is -0.0863. The Balaban J connectivity index is 2.12. The van der Waals surface area contributed by atoms with E-state index in [9.17, 15) is 0 Å². The average molecular weight is 240 g/mol. The first-order valence-electron chi connectivity index (χ1n) is 6.93. The summed E-state index contributed by atoms with van der Waals surface area (Å²) < 4.78 is 6.20. The van der Waals surface area contributed by atoms with Crippen molar-refractivity contribution in [3.63, 3.8) is 0 Å². The van der Waals surface area contributed by atoms with Crippen LogP contribution in [0.3, 0.4) is 0 Å². The van der Waals surface area contributed by atoms with Gasteiger partial charge in [-0.2, -0.15) is 0 Å². The van der Waals surface area contributed by atoms with E-state index in [0.29, 0.717) is 18.1 Å². The van der Waals surface area contributed by atoms with Gasteiger partial charge in [0.2, 0.25) is 0 Å². The van der Waals surface area contributed by atoms with Crippen LogP contribution in [0.4, 0.5) is 0 Å². The molecule has 0 saturated carbocycles. The molecule has 100 valence electrons. The molecule has 0 bridgehead atoms. The molecule has 17 heavy (non-hydrogen) atoms. The van der Waals surface area contributed by atoms with Gasteiger partial charge in [-0.15, -0.1) is 0 Å². The van der Waals surface area contributed by atoms with Gasteiger partial charge < -0.3 is 10.5 Å². The monoisotopic (exact) mass is 240 g/mol. The fraction of sp³-hybridized carbons (Fsp3) is 1.00. The number of nitrogens with zero attached hydrogens (tertiary/aromatic N) is 1. The Morgan fingerprint density at radius 2 is 1.88 bits per heavy atom. The van der Waals surface area contributed by atoms with Gasteiger partial charge in [-0.05, 0) is 53.9 Å². The molecule has 0 aromatic rings. The van der Waals surface area contributed by atoms with Crippen molar-refractivity contribution in [1.29, 1.82) is 0 Å². The van der Waals surface area contributed by atoms with Crippen LogP contribution in [0, 0.1) is 0 Å². The van der Waals surface area contributed by atoms with E-state index in [1.54, 1.807) is 0 Å². The number of rotatable bonds is 1. The first-order valence-corrected chi connectivity index (χ1v) is 6.93. The largest absolute Gasteiger partial charge is 0.368 e. The maximum Gasteiger partial charge on any atom is 0.0789 e. The number of ether oxygens (including phenoxy) is 1. The van der Waals surface area contributed by atoms with Crippen LogP contribution < -0.4 is 5.73 Å². The van der Waals surface area contributed by atoms with Crippen molar-refractivity contribution < 1.29 is 4.74 Å². The second kappa shape index (κ2) is 4.22. The molecule has 2 aliphatic heterocycles. The molecule has 3 unspecified atom stereocenters. The predicted molar refractivity (Wildman–Crippen MR) is 71.0 cm³/mol. The second-order valence-electron chi connectivity index (χ2n) is 7.06. The van der Waals surface area contributed by atoms with Gasteiger partial charge in [-0.3, -0.25) is 4.90 Å². The summed E-state index contributed by atoms with van der Waals surface area (Å²) in [5, 5.41) is 0. The van der Waals surface area contributed by atoms with Gasteiger partial charge in [0.25, 0.3) is 0 Å². The molecule has 3 atom stereocenters. The molecule has 2 aliphatic rings.